The summed E-state index contributed by atoms with van der Waals surface area (Å²) in [6.07, 6.45) is 0. The zero-order valence-corrected chi connectivity index (χ0v) is 11.1. The van der Waals surface area contributed by atoms with Gasteiger partial charge in [0.05, 0.1) is 17.2 Å². The first-order chi connectivity index (χ1) is 9.33. The van der Waals surface area contributed by atoms with Crippen molar-refractivity contribution in [1.29, 1.82) is 0 Å². The number of hydrogen-bond donors (Lipinski definition) is 1. The summed E-state index contributed by atoms with van der Waals surface area (Å²) in [7, 11) is 0. The summed E-state index contributed by atoms with van der Waals surface area (Å²) in [5.41, 5.74) is 4.76. The lowest BCUT2D eigenvalue weighted by molar-refractivity contribution is 0.920. The van der Waals surface area contributed by atoms with Crippen molar-refractivity contribution >= 4 is 33.8 Å². The Labute approximate surface area is 116 Å². The van der Waals surface area contributed by atoms with E-state index in [1.165, 1.54) is 22.2 Å². The maximum atomic E-state index is 5.44. The van der Waals surface area contributed by atoms with Crippen LogP contribution in [0.15, 0.2) is 54.6 Å². The lowest BCUT2D eigenvalue weighted by Gasteiger charge is -2.06. The molecular weight excluding hydrogens is 252 g/mol. The number of hydrogen-bond acceptors (Lipinski definition) is 1. The maximum Gasteiger partial charge on any atom is 0.0998 e. The topological polar surface area (TPSA) is 17.0 Å². The molecule has 92 valence electrons. The van der Waals surface area contributed by atoms with Gasteiger partial charge < -0.3 is 9.88 Å². The van der Waals surface area contributed by atoms with Gasteiger partial charge in [0.2, 0.25) is 0 Å². The molecule has 3 aromatic rings. The molecule has 1 aliphatic heterocycles. The van der Waals surface area contributed by atoms with Gasteiger partial charge in [0.1, 0.15) is 0 Å². The van der Waals surface area contributed by atoms with Crippen molar-refractivity contribution < 1.29 is 0 Å². The fraction of sp³-hybridized carbons (Fsp3) is 0.0625. The van der Waals surface area contributed by atoms with Crippen LogP contribution in [0.5, 0.6) is 0 Å². The third-order valence-corrected chi connectivity index (χ3v) is 3.82. The van der Waals surface area contributed by atoms with Crippen LogP contribution in [0.3, 0.4) is 0 Å². The van der Waals surface area contributed by atoms with Crippen LogP contribution < -0.4 is 5.32 Å². The molecule has 0 amide bonds. The van der Waals surface area contributed by atoms with E-state index in [-0.39, 0.29) is 0 Å². The molecule has 0 atom stereocenters. The fourth-order valence-corrected chi connectivity index (χ4v) is 2.99. The molecule has 1 N–H and O–H groups in total. The Morgan fingerprint density at radius 3 is 2.74 bits per heavy atom. The van der Waals surface area contributed by atoms with Crippen molar-refractivity contribution in [2.45, 2.75) is 6.54 Å². The molecule has 0 spiro atoms. The number of rotatable bonds is 0. The van der Waals surface area contributed by atoms with Crippen LogP contribution in [-0.4, -0.2) is 9.56 Å². The van der Waals surface area contributed by atoms with Gasteiger partial charge in [-0.05, 0) is 18.2 Å². The average Bonchev–Trinajstić information content (AvgIpc) is 2.71. The predicted molar refractivity (Wildman–Crippen MR) is 83.6 cm³/mol. The quantitative estimate of drug-likeness (QED) is 0.617. The number of nitrogens with one attached hydrogen (secondary N) is 1. The highest BCUT2D eigenvalue weighted by Gasteiger charge is 2.18. The van der Waals surface area contributed by atoms with Gasteiger partial charge in [-0.15, -0.1) is 0 Å². The van der Waals surface area contributed by atoms with E-state index in [0.29, 0.717) is 0 Å². The number of para-hydroxylation sites is 2. The van der Waals surface area contributed by atoms with Crippen LogP contribution in [0.1, 0.15) is 0 Å². The highest BCUT2D eigenvalue weighted by molar-refractivity contribution is 7.80. The SMILES string of the molecule is S=C1Cn2c(cc3ccccc32)-c2ccccc2N1. The number of fused-ring (bicyclic) bond motifs is 5. The largest absolute Gasteiger partial charge is 0.348 e. The Morgan fingerprint density at radius 1 is 1.00 bits per heavy atom. The standard InChI is InChI=1S/C16H12N2S/c19-16-10-18-14-8-4-1-5-11(14)9-15(18)12-6-2-3-7-13(12)17-16/h1-9H,10H2,(H,17,19). The summed E-state index contributed by atoms with van der Waals surface area (Å²) in [6.45, 7) is 0.729. The van der Waals surface area contributed by atoms with Gasteiger partial charge in [0, 0.05) is 22.2 Å². The van der Waals surface area contributed by atoms with Crippen molar-refractivity contribution in [3.63, 3.8) is 0 Å². The minimum Gasteiger partial charge on any atom is -0.348 e. The third kappa shape index (κ3) is 1.59. The van der Waals surface area contributed by atoms with Crippen LogP contribution in [0, 0.1) is 0 Å². The van der Waals surface area contributed by atoms with Crippen LogP contribution in [0.2, 0.25) is 0 Å². The normalized spacial score (nSPS) is 13.6. The summed E-state index contributed by atoms with van der Waals surface area (Å²) < 4.78 is 2.29. The predicted octanol–water partition coefficient (Wildman–Crippen LogP) is 4.06. The summed E-state index contributed by atoms with van der Waals surface area (Å²) >= 11 is 5.44. The van der Waals surface area contributed by atoms with Gasteiger partial charge >= 0.3 is 0 Å². The Balaban J connectivity index is 2.11. The van der Waals surface area contributed by atoms with Crippen molar-refractivity contribution in [1.82, 2.24) is 4.57 Å². The first kappa shape index (κ1) is 10.8. The minimum atomic E-state index is 0.729. The molecule has 1 aromatic heterocycles. The fourth-order valence-electron chi connectivity index (χ4n) is 2.75. The molecular formula is C16H12N2S. The minimum absolute atomic E-state index is 0.729. The second kappa shape index (κ2) is 3.93. The molecule has 0 aliphatic carbocycles. The highest BCUT2D eigenvalue weighted by Crippen LogP contribution is 2.35. The van der Waals surface area contributed by atoms with Gasteiger partial charge in [-0.3, -0.25) is 0 Å². The lowest BCUT2D eigenvalue weighted by Crippen LogP contribution is -2.14. The Kier molecular flexibility index (Phi) is 2.23. The van der Waals surface area contributed by atoms with Gasteiger partial charge in [-0.25, -0.2) is 0 Å². The summed E-state index contributed by atoms with van der Waals surface area (Å²) in [5.74, 6) is 0. The van der Waals surface area contributed by atoms with Gasteiger partial charge in [0.15, 0.2) is 0 Å². The van der Waals surface area contributed by atoms with Crippen LogP contribution in [-0.2, 0) is 6.54 Å². The molecule has 0 saturated carbocycles. The van der Waals surface area contributed by atoms with Gasteiger partial charge in [-0.1, -0.05) is 48.6 Å². The summed E-state index contributed by atoms with van der Waals surface area (Å²) in [5, 5.41) is 4.59. The third-order valence-electron chi connectivity index (χ3n) is 3.59. The Morgan fingerprint density at radius 2 is 1.79 bits per heavy atom. The molecule has 0 saturated heterocycles. The Bertz CT molecular complexity index is 801. The highest BCUT2D eigenvalue weighted by atomic mass is 32.1. The van der Waals surface area contributed by atoms with Crippen molar-refractivity contribution in [2.75, 3.05) is 5.32 Å². The lowest BCUT2D eigenvalue weighted by atomic mass is 10.1. The molecule has 0 unspecified atom stereocenters. The molecule has 0 radical (unpaired) electrons. The van der Waals surface area contributed by atoms with Crippen LogP contribution >= 0.6 is 12.2 Å². The first-order valence-electron chi connectivity index (χ1n) is 6.30. The number of aromatic nitrogens is 1. The average molecular weight is 264 g/mol. The molecule has 2 aromatic carbocycles. The Hall–Kier alpha value is -2.13. The van der Waals surface area contributed by atoms with E-state index in [4.69, 9.17) is 12.2 Å². The molecule has 2 heterocycles. The number of thiocarbonyl (C=S) groups is 1. The second-order valence-electron chi connectivity index (χ2n) is 4.77. The smallest absolute Gasteiger partial charge is 0.0998 e. The zero-order chi connectivity index (χ0) is 12.8. The zero-order valence-electron chi connectivity index (χ0n) is 10.3. The molecule has 0 bridgehead atoms. The van der Waals surface area contributed by atoms with Crippen LogP contribution in [0.25, 0.3) is 22.2 Å². The molecule has 19 heavy (non-hydrogen) atoms. The van der Waals surface area contributed by atoms with E-state index in [9.17, 15) is 0 Å². The molecule has 0 fully saturated rings. The van der Waals surface area contributed by atoms with E-state index in [2.05, 4.69) is 58.4 Å². The molecule has 4 rings (SSSR count). The number of anilines is 1. The molecule has 1 aliphatic rings. The monoisotopic (exact) mass is 264 g/mol. The number of nitrogens with zero attached hydrogens (tertiary/aromatic N) is 1. The summed E-state index contributed by atoms with van der Waals surface area (Å²) in [6, 6.07) is 19.0. The van der Waals surface area contributed by atoms with E-state index in [0.717, 1.165) is 17.2 Å². The molecule has 3 heteroatoms. The van der Waals surface area contributed by atoms with E-state index >= 15 is 0 Å². The van der Waals surface area contributed by atoms with Gasteiger partial charge in [-0.2, -0.15) is 0 Å². The first-order valence-corrected chi connectivity index (χ1v) is 6.71. The van der Waals surface area contributed by atoms with Gasteiger partial charge in [0.25, 0.3) is 0 Å². The van der Waals surface area contributed by atoms with Crippen molar-refractivity contribution in [3.8, 4) is 11.3 Å². The van der Waals surface area contributed by atoms with E-state index < -0.39 is 0 Å². The maximum absolute atomic E-state index is 5.44. The van der Waals surface area contributed by atoms with E-state index in [1.54, 1.807) is 0 Å². The summed E-state index contributed by atoms with van der Waals surface area (Å²) in [4.78, 5) is 0.854. The number of benzene rings is 2. The second-order valence-corrected chi connectivity index (χ2v) is 5.26. The van der Waals surface area contributed by atoms with E-state index in [1.807, 2.05) is 6.07 Å². The van der Waals surface area contributed by atoms with Crippen molar-refractivity contribution in [2.24, 2.45) is 0 Å². The van der Waals surface area contributed by atoms with Crippen molar-refractivity contribution in [3.05, 3.63) is 54.6 Å². The molecule has 2 nitrogen and oxygen atoms in total. The van der Waals surface area contributed by atoms with Crippen LogP contribution in [0.4, 0.5) is 5.69 Å².